The second-order valence-electron chi connectivity index (χ2n) is 6.38. The number of amides is 1. The van der Waals surface area contributed by atoms with E-state index in [1.807, 2.05) is 13.8 Å². The first-order valence-corrected chi connectivity index (χ1v) is 8.08. The third-order valence-electron chi connectivity index (χ3n) is 4.92. The largest absolute Gasteiger partial charge is 0.444 e. The lowest BCUT2D eigenvalue weighted by Crippen LogP contribution is -2.47. The lowest BCUT2D eigenvalue weighted by Gasteiger charge is -2.36. The van der Waals surface area contributed by atoms with Crippen LogP contribution in [0.15, 0.2) is 4.42 Å². The molecule has 1 aliphatic rings. The minimum absolute atomic E-state index is 0.175. The molecule has 0 bridgehead atoms. The average Bonchev–Trinajstić information content (AvgIpc) is 2.80. The van der Waals surface area contributed by atoms with Gasteiger partial charge in [-0.25, -0.2) is 0 Å². The van der Waals surface area contributed by atoms with Crippen molar-refractivity contribution < 1.29 is 14.3 Å². The molecule has 0 aliphatic carbocycles. The molecule has 0 radical (unpaired) electrons. The minimum atomic E-state index is -0.304. The van der Waals surface area contributed by atoms with Crippen LogP contribution in [-0.4, -0.2) is 41.1 Å². The van der Waals surface area contributed by atoms with Crippen molar-refractivity contribution in [1.29, 1.82) is 5.26 Å². The Hall–Kier alpha value is -1.84. The third-order valence-corrected chi connectivity index (χ3v) is 4.92. The van der Waals surface area contributed by atoms with E-state index in [0.29, 0.717) is 17.2 Å². The van der Waals surface area contributed by atoms with Crippen molar-refractivity contribution in [3.63, 3.8) is 0 Å². The lowest BCUT2D eigenvalue weighted by molar-refractivity contribution is -0.121. The first-order valence-electron chi connectivity index (χ1n) is 8.08. The van der Waals surface area contributed by atoms with Gasteiger partial charge in [0, 0.05) is 5.56 Å². The smallest absolute Gasteiger partial charge is 0.243 e. The highest BCUT2D eigenvalue weighted by Gasteiger charge is 2.29. The van der Waals surface area contributed by atoms with Gasteiger partial charge < -0.3 is 9.52 Å². The Morgan fingerprint density at radius 3 is 2.52 bits per heavy atom. The second-order valence-corrected chi connectivity index (χ2v) is 6.38. The fourth-order valence-corrected chi connectivity index (χ4v) is 3.02. The summed E-state index contributed by atoms with van der Waals surface area (Å²) in [7, 11) is 0. The van der Waals surface area contributed by atoms with E-state index in [4.69, 9.17) is 4.42 Å². The maximum atomic E-state index is 12.4. The number of likely N-dealkylation sites (tertiary alicyclic amines) is 1. The van der Waals surface area contributed by atoms with Gasteiger partial charge in [0.25, 0.3) is 0 Å². The number of nitrogens with zero attached hydrogens (tertiary/aromatic N) is 2. The van der Waals surface area contributed by atoms with Crippen molar-refractivity contribution in [2.45, 2.75) is 52.7 Å². The molecule has 0 spiro atoms. The Labute approximate surface area is 137 Å². The molecule has 1 aromatic rings. The van der Waals surface area contributed by atoms with Gasteiger partial charge in [-0.3, -0.25) is 15.0 Å². The van der Waals surface area contributed by atoms with Crippen LogP contribution in [0.4, 0.5) is 5.88 Å². The molecule has 1 aromatic heterocycles. The summed E-state index contributed by atoms with van der Waals surface area (Å²) in [4.78, 5) is 14.5. The van der Waals surface area contributed by atoms with Crippen LogP contribution in [0.3, 0.4) is 0 Å². The van der Waals surface area contributed by atoms with Crippen LogP contribution < -0.4 is 5.32 Å². The number of anilines is 1. The molecule has 6 nitrogen and oxygen atoms in total. The molecule has 2 N–H and O–H groups in total. The Bertz CT molecular complexity index is 607. The first-order chi connectivity index (χ1) is 10.8. The molecule has 2 rings (SSSR count). The molecule has 126 valence electrons. The van der Waals surface area contributed by atoms with Crippen molar-refractivity contribution in [3.05, 3.63) is 16.9 Å². The highest BCUT2D eigenvalue weighted by atomic mass is 16.4. The molecule has 1 aliphatic heterocycles. The molecule has 2 atom stereocenters. The van der Waals surface area contributed by atoms with E-state index in [1.165, 1.54) is 0 Å². The van der Waals surface area contributed by atoms with Gasteiger partial charge in [-0.2, -0.15) is 5.26 Å². The maximum absolute atomic E-state index is 12.4. The minimum Gasteiger partial charge on any atom is -0.444 e. The SMILES string of the molecule is Cc1oc(NC(=O)C(C)N2CCC(C(C)O)CC2)c(C#N)c1C. The number of furan rings is 1. The Morgan fingerprint density at radius 1 is 1.39 bits per heavy atom. The van der Waals surface area contributed by atoms with Crippen LogP contribution in [0.25, 0.3) is 0 Å². The zero-order valence-corrected chi connectivity index (χ0v) is 14.2. The number of nitriles is 1. The molecule has 2 heterocycles. The number of piperidine rings is 1. The predicted octanol–water partition coefficient (Wildman–Crippen LogP) is 2.19. The van der Waals surface area contributed by atoms with Gasteiger partial charge in [-0.15, -0.1) is 0 Å². The van der Waals surface area contributed by atoms with Gasteiger partial charge in [-0.05, 0) is 59.5 Å². The predicted molar refractivity (Wildman–Crippen MR) is 87.0 cm³/mol. The molecular formula is C17H25N3O3. The van der Waals surface area contributed by atoms with Gasteiger partial charge in [-0.1, -0.05) is 0 Å². The topological polar surface area (TPSA) is 89.5 Å². The fraction of sp³-hybridized carbons (Fsp3) is 0.647. The molecular weight excluding hydrogens is 294 g/mol. The summed E-state index contributed by atoms with van der Waals surface area (Å²) in [5, 5.41) is 21.6. The van der Waals surface area contributed by atoms with E-state index >= 15 is 0 Å². The van der Waals surface area contributed by atoms with Crippen LogP contribution in [0.2, 0.25) is 0 Å². The first kappa shape index (κ1) is 17.5. The number of nitrogens with one attached hydrogen (secondary N) is 1. The number of aliphatic hydroxyl groups excluding tert-OH is 1. The number of carbonyl (C=O) groups excluding carboxylic acids is 1. The number of aryl methyl sites for hydroxylation is 1. The molecule has 1 amide bonds. The fourth-order valence-electron chi connectivity index (χ4n) is 3.02. The highest BCUT2D eigenvalue weighted by Crippen LogP contribution is 2.26. The molecule has 1 fully saturated rings. The van der Waals surface area contributed by atoms with E-state index in [9.17, 15) is 15.2 Å². The van der Waals surface area contributed by atoms with Crippen molar-refractivity contribution in [3.8, 4) is 6.07 Å². The lowest BCUT2D eigenvalue weighted by atomic mass is 9.91. The molecule has 23 heavy (non-hydrogen) atoms. The molecule has 2 unspecified atom stereocenters. The van der Waals surface area contributed by atoms with Gasteiger partial charge in [0.05, 0.1) is 12.1 Å². The van der Waals surface area contributed by atoms with E-state index in [-0.39, 0.29) is 23.9 Å². The summed E-state index contributed by atoms with van der Waals surface area (Å²) in [6.45, 7) is 8.82. The summed E-state index contributed by atoms with van der Waals surface area (Å²) in [6.07, 6.45) is 1.48. The summed E-state index contributed by atoms with van der Waals surface area (Å²) in [6, 6.07) is 1.77. The molecule has 0 aromatic carbocycles. The average molecular weight is 319 g/mol. The monoisotopic (exact) mass is 319 g/mol. The van der Waals surface area contributed by atoms with Crippen molar-refractivity contribution >= 4 is 11.8 Å². The Balaban J connectivity index is 1.99. The van der Waals surface area contributed by atoms with Crippen molar-refractivity contribution in [1.82, 2.24) is 4.90 Å². The zero-order chi connectivity index (χ0) is 17.1. The second kappa shape index (κ2) is 7.16. The molecule has 1 saturated heterocycles. The van der Waals surface area contributed by atoms with Crippen LogP contribution in [-0.2, 0) is 4.79 Å². The Kier molecular flexibility index (Phi) is 5.45. The number of hydrogen-bond acceptors (Lipinski definition) is 5. The van der Waals surface area contributed by atoms with Gasteiger partial charge in [0.1, 0.15) is 17.4 Å². The molecule has 0 saturated carbocycles. The highest BCUT2D eigenvalue weighted by molar-refractivity contribution is 5.94. The van der Waals surface area contributed by atoms with E-state index in [0.717, 1.165) is 31.5 Å². The number of carbonyl (C=O) groups is 1. The van der Waals surface area contributed by atoms with Gasteiger partial charge in [0.15, 0.2) is 0 Å². The molecule has 6 heteroatoms. The Morgan fingerprint density at radius 2 is 2.00 bits per heavy atom. The third kappa shape index (κ3) is 3.74. The normalized spacial score (nSPS) is 19.1. The summed E-state index contributed by atoms with van der Waals surface area (Å²) < 4.78 is 5.49. The quantitative estimate of drug-likeness (QED) is 0.888. The van der Waals surface area contributed by atoms with E-state index in [1.54, 1.807) is 13.8 Å². The summed E-state index contributed by atoms with van der Waals surface area (Å²) in [5.74, 6) is 1.01. The van der Waals surface area contributed by atoms with Crippen molar-refractivity contribution in [2.24, 2.45) is 5.92 Å². The van der Waals surface area contributed by atoms with Gasteiger partial charge in [0.2, 0.25) is 11.8 Å². The van der Waals surface area contributed by atoms with Crippen LogP contribution in [0.5, 0.6) is 0 Å². The van der Waals surface area contributed by atoms with Crippen LogP contribution in [0.1, 0.15) is 43.6 Å². The number of rotatable bonds is 4. The maximum Gasteiger partial charge on any atom is 0.243 e. The zero-order valence-electron chi connectivity index (χ0n) is 14.2. The summed E-state index contributed by atoms with van der Waals surface area (Å²) in [5.41, 5.74) is 1.14. The standard InChI is InChI=1S/C17H25N3O3/c1-10-13(4)23-17(15(10)9-18)19-16(22)11(2)20-7-5-14(6-8-20)12(3)21/h11-12,14,21H,5-8H2,1-4H3,(H,19,22). The van der Waals surface area contributed by atoms with Crippen molar-refractivity contribution in [2.75, 3.05) is 18.4 Å². The number of aliphatic hydroxyl groups is 1. The number of hydrogen-bond donors (Lipinski definition) is 2. The van der Waals surface area contributed by atoms with E-state index in [2.05, 4.69) is 16.3 Å². The van der Waals surface area contributed by atoms with E-state index < -0.39 is 0 Å². The van der Waals surface area contributed by atoms with Gasteiger partial charge >= 0.3 is 0 Å². The summed E-state index contributed by atoms with van der Waals surface area (Å²) >= 11 is 0. The van der Waals surface area contributed by atoms with Crippen LogP contribution >= 0.6 is 0 Å². The van der Waals surface area contributed by atoms with Crippen LogP contribution in [0, 0.1) is 31.1 Å².